The number of hydrogen-bond acceptors (Lipinski definition) is 4. The molecule has 0 aliphatic carbocycles. The van der Waals surface area contributed by atoms with E-state index in [1.165, 1.54) is 0 Å². The summed E-state index contributed by atoms with van der Waals surface area (Å²) in [5.74, 6) is 3.00. The van der Waals surface area contributed by atoms with Gasteiger partial charge in [-0.25, -0.2) is 9.78 Å². The first-order chi connectivity index (χ1) is 13.0. The van der Waals surface area contributed by atoms with Crippen molar-refractivity contribution in [3.05, 3.63) is 71.7 Å². The molecule has 2 heterocycles. The number of carbonyl (C=O) groups is 1. The van der Waals surface area contributed by atoms with Crippen molar-refractivity contribution < 1.29 is 13.9 Å². The van der Waals surface area contributed by atoms with Crippen LogP contribution in [0.1, 0.15) is 41.9 Å². The van der Waals surface area contributed by atoms with Gasteiger partial charge in [0.2, 0.25) is 0 Å². The Labute approximate surface area is 158 Å². The van der Waals surface area contributed by atoms with Crippen LogP contribution >= 0.6 is 0 Å². The number of carbonyl (C=O) groups excluding carboxylic acids is 1. The monoisotopic (exact) mass is 368 g/mol. The van der Waals surface area contributed by atoms with Crippen LogP contribution in [0, 0.1) is 6.92 Å². The normalized spacial score (nSPS) is 13.0. The molecule has 0 aliphatic rings. The third-order valence-electron chi connectivity index (χ3n) is 4.38. The summed E-state index contributed by atoms with van der Waals surface area (Å²) < 4.78 is 12.7. The average molecular weight is 368 g/mol. The molecule has 0 saturated carbocycles. The van der Waals surface area contributed by atoms with Gasteiger partial charge in [0.1, 0.15) is 29.1 Å². The Morgan fingerprint density at radius 2 is 1.93 bits per heavy atom. The number of aromatic nitrogens is 2. The number of nitrogens with one attached hydrogen (secondary N) is 2. The van der Waals surface area contributed by atoms with Crippen molar-refractivity contribution in [2.24, 2.45) is 7.05 Å². The molecule has 0 radical (unpaired) electrons. The third kappa shape index (κ3) is 4.31. The standard InChI is InChI=1S/C20H24N4O3/c1-13-5-10-17(27-13)14(2)22-20(25)23-18(19-21-11-12-24(19)3)15-6-8-16(26-4)9-7-15/h5-12,14,18H,1-4H3,(H2,22,23,25). The van der Waals surface area contributed by atoms with Gasteiger partial charge < -0.3 is 24.4 Å². The van der Waals surface area contributed by atoms with E-state index in [1.807, 2.05) is 68.1 Å². The highest BCUT2D eigenvalue weighted by atomic mass is 16.5. The van der Waals surface area contributed by atoms with E-state index in [9.17, 15) is 4.79 Å². The van der Waals surface area contributed by atoms with E-state index in [1.54, 1.807) is 13.3 Å². The maximum absolute atomic E-state index is 12.6. The molecular formula is C20H24N4O3. The van der Waals surface area contributed by atoms with Crippen LogP contribution in [0.2, 0.25) is 0 Å². The van der Waals surface area contributed by atoms with Gasteiger partial charge in [-0.1, -0.05) is 12.1 Å². The second kappa shape index (κ2) is 7.99. The molecule has 0 bridgehead atoms. The SMILES string of the molecule is COc1ccc(C(NC(=O)NC(C)c2ccc(C)o2)c2nccn2C)cc1. The molecule has 2 N–H and O–H groups in total. The van der Waals surface area contributed by atoms with Crippen molar-refractivity contribution >= 4 is 6.03 Å². The summed E-state index contributed by atoms with van der Waals surface area (Å²) in [5.41, 5.74) is 0.904. The predicted octanol–water partition coefficient (Wildman–Crippen LogP) is 3.48. The second-order valence-corrected chi connectivity index (χ2v) is 6.39. The minimum atomic E-state index is -0.401. The lowest BCUT2D eigenvalue weighted by Gasteiger charge is -2.21. The second-order valence-electron chi connectivity index (χ2n) is 6.39. The van der Waals surface area contributed by atoms with Gasteiger partial charge in [0.15, 0.2) is 0 Å². The first kappa shape index (κ1) is 18.6. The Kier molecular flexibility index (Phi) is 5.49. The molecule has 7 nitrogen and oxygen atoms in total. The van der Waals surface area contributed by atoms with Gasteiger partial charge in [-0.05, 0) is 43.7 Å². The summed E-state index contributed by atoms with van der Waals surface area (Å²) in [7, 11) is 3.52. The Morgan fingerprint density at radius 1 is 1.19 bits per heavy atom. The van der Waals surface area contributed by atoms with E-state index in [0.717, 1.165) is 22.9 Å². The molecule has 142 valence electrons. The number of ether oxygens (including phenoxy) is 1. The van der Waals surface area contributed by atoms with Crippen LogP contribution in [0.4, 0.5) is 4.79 Å². The largest absolute Gasteiger partial charge is 0.497 e. The third-order valence-corrected chi connectivity index (χ3v) is 4.38. The van der Waals surface area contributed by atoms with Crippen molar-refractivity contribution in [2.75, 3.05) is 7.11 Å². The Bertz CT molecular complexity index is 898. The predicted molar refractivity (Wildman–Crippen MR) is 102 cm³/mol. The maximum Gasteiger partial charge on any atom is 0.316 e. The quantitative estimate of drug-likeness (QED) is 0.698. The number of rotatable bonds is 6. The summed E-state index contributed by atoms with van der Waals surface area (Å²) in [6, 6.07) is 10.3. The van der Waals surface area contributed by atoms with E-state index < -0.39 is 6.04 Å². The average Bonchev–Trinajstić information content (AvgIpc) is 3.28. The van der Waals surface area contributed by atoms with Gasteiger partial charge in [-0.3, -0.25) is 0 Å². The Morgan fingerprint density at radius 3 is 2.48 bits per heavy atom. The first-order valence-electron chi connectivity index (χ1n) is 8.72. The molecule has 2 atom stereocenters. The zero-order valence-electron chi connectivity index (χ0n) is 15.9. The molecule has 0 saturated heterocycles. The molecule has 0 aliphatic heterocycles. The van der Waals surface area contributed by atoms with Crippen molar-refractivity contribution in [2.45, 2.75) is 25.9 Å². The highest BCUT2D eigenvalue weighted by Gasteiger charge is 2.22. The van der Waals surface area contributed by atoms with Crippen molar-refractivity contribution in [1.82, 2.24) is 20.2 Å². The van der Waals surface area contributed by atoms with E-state index in [2.05, 4.69) is 15.6 Å². The molecule has 2 unspecified atom stereocenters. The van der Waals surface area contributed by atoms with Gasteiger partial charge in [-0.15, -0.1) is 0 Å². The van der Waals surface area contributed by atoms with Crippen LogP contribution in [-0.2, 0) is 7.05 Å². The van der Waals surface area contributed by atoms with Gasteiger partial charge in [0.05, 0.1) is 13.2 Å². The zero-order chi connectivity index (χ0) is 19.4. The summed E-state index contributed by atoms with van der Waals surface area (Å²) in [6.07, 6.45) is 3.55. The minimum Gasteiger partial charge on any atom is -0.497 e. The summed E-state index contributed by atoms with van der Waals surface area (Å²) >= 11 is 0. The van der Waals surface area contributed by atoms with E-state index in [4.69, 9.17) is 9.15 Å². The summed E-state index contributed by atoms with van der Waals surface area (Å²) in [5, 5.41) is 5.91. The van der Waals surface area contributed by atoms with Crippen LogP contribution in [-0.4, -0.2) is 22.7 Å². The Balaban J connectivity index is 1.78. The first-order valence-corrected chi connectivity index (χ1v) is 8.72. The summed E-state index contributed by atoms with van der Waals surface area (Å²) in [4.78, 5) is 17.0. The molecule has 3 aromatic rings. The van der Waals surface area contributed by atoms with Crippen LogP contribution < -0.4 is 15.4 Å². The smallest absolute Gasteiger partial charge is 0.316 e. The lowest BCUT2D eigenvalue weighted by molar-refractivity contribution is 0.233. The molecular weight excluding hydrogens is 344 g/mol. The number of nitrogens with zero attached hydrogens (tertiary/aromatic N) is 2. The highest BCUT2D eigenvalue weighted by Crippen LogP contribution is 2.23. The number of imidazole rings is 1. The van der Waals surface area contributed by atoms with Crippen molar-refractivity contribution in [3.63, 3.8) is 0 Å². The highest BCUT2D eigenvalue weighted by molar-refractivity contribution is 5.75. The van der Waals surface area contributed by atoms with Crippen molar-refractivity contribution in [3.8, 4) is 5.75 Å². The molecule has 1 aromatic carbocycles. The van der Waals surface area contributed by atoms with Crippen molar-refractivity contribution in [1.29, 1.82) is 0 Å². The lowest BCUT2D eigenvalue weighted by atomic mass is 10.1. The van der Waals surface area contributed by atoms with E-state index in [-0.39, 0.29) is 12.1 Å². The zero-order valence-corrected chi connectivity index (χ0v) is 15.9. The molecule has 2 amide bonds. The Hall–Kier alpha value is -3.22. The van der Waals surface area contributed by atoms with Crippen LogP contribution in [0.3, 0.4) is 0 Å². The fourth-order valence-corrected chi connectivity index (χ4v) is 2.88. The lowest BCUT2D eigenvalue weighted by Crippen LogP contribution is -2.40. The number of hydrogen-bond donors (Lipinski definition) is 2. The maximum atomic E-state index is 12.6. The van der Waals surface area contributed by atoms with Crippen LogP contribution in [0.5, 0.6) is 5.75 Å². The number of benzene rings is 1. The van der Waals surface area contributed by atoms with Gasteiger partial charge >= 0.3 is 6.03 Å². The topological polar surface area (TPSA) is 81.3 Å². The number of urea groups is 1. The van der Waals surface area contributed by atoms with Crippen LogP contribution in [0.25, 0.3) is 0 Å². The fraction of sp³-hybridized carbons (Fsp3) is 0.300. The van der Waals surface area contributed by atoms with Crippen LogP contribution in [0.15, 0.2) is 53.2 Å². The molecule has 27 heavy (non-hydrogen) atoms. The number of furan rings is 1. The minimum absolute atomic E-state index is 0.253. The van der Waals surface area contributed by atoms with E-state index >= 15 is 0 Å². The van der Waals surface area contributed by atoms with Gasteiger partial charge in [0, 0.05) is 19.4 Å². The number of aryl methyl sites for hydroxylation is 2. The van der Waals surface area contributed by atoms with Gasteiger partial charge in [-0.2, -0.15) is 0 Å². The van der Waals surface area contributed by atoms with E-state index in [0.29, 0.717) is 5.76 Å². The molecule has 7 heteroatoms. The molecule has 0 spiro atoms. The fourth-order valence-electron chi connectivity index (χ4n) is 2.88. The molecule has 0 fully saturated rings. The molecule has 2 aromatic heterocycles. The van der Waals surface area contributed by atoms with Gasteiger partial charge in [0.25, 0.3) is 0 Å². The number of methoxy groups -OCH3 is 1. The number of amides is 2. The molecule has 3 rings (SSSR count). The summed E-state index contributed by atoms with van der Waals surface area (Å²) in [6.45, 7) is 3.75.